The van der Waals surface area contributed by atoms with Gasteiger partial charge in [0, 0.05) is 43.0 Å². The van der Waals surface area contributed by atoms with E-state index in [0.717, 1.165) is 33.3 Å². The summed E-state index contributed by atoms with van der Waals surface area (Å²) in [5, 5.41) is 0. The molecule has 2 aliphatic rings. The SMILES string of the molecule is CCN(CC)c1ccc(C2=C3C=CC(CCC(=O)OC)=[N+]3[B-](F)(F)n3c(CCC(=O)OC)ccc32)cc1. The largest absolute Gasteiger partial charge is 0.737 e. The minimum atomic E-state index is -4.28. The number of methoxy groups -OCH3 is 2. The molecule has 0 saturated carbocycles. The third-order valence-electron chi connectivity index (χ3n) is 7.05. The summed E-state index contributed by atoms with van der Waals surface area (Å²) in [6.45, 7) is 1.62. The topological polar surface area (TPSA) is 63.8 Å². The van der Waals surface area contributed by atoms with Crippen molar-refractivity contribution in [3.63, 3.8) is 0 Å². The van der Waals surface area contributed by atoms with E-state index >= 15 is 8.63 Å². The summed E-state index contributed by atoms with van der Waals surface area (Å²) in [7, 11) is 2.56. The van der Waals surface area contributed by atoms with Crippen LogP contribution in [0.3, 0.4) is 0 Å². The van der Waals surface area contributed by atoms with E-state index in [-0.39, 0.29) is 25.7 Å². The zero-order chi connectivity index (χ0) is 26.7. The van der Waals surface area contributed by atoms with Crippen LogP contribution in [-0.2, 0) is 25.5 Å². The normalized spacial score (nSPS) is 15.5. The van der Waals surface area contributed by atoms with Gasteiger partial charge in [-0.1, -0.05) is 12.1 Å². The quantitative estimate of drug-likeness (QED) is 0.349. The zero-order valence-electron chi connectivity index (χ0n) is 21.7. The van der Waals surface area contributed by atoms with Gasteiger partial charge in [0.25, 0.3) is 0 Å². The second kappa shape index (κ2) is 10.7. The first kappa shape index (κ1) is 26.4. The number of carbonyl (C=O) groups excluding carboxylic acids is 2. The van der Waals surface area contributed by atoms with Crippen molar-refractivity contribution in [2.75, 3.05) is 32.2 Å². The molecule has 196 valence electrons. The molecule has 37 heavy (non-hydrogen) atoms. The third-order valence-corrected chi connectivity index (χ3v) is 7.05. The number of rotatable bonds is 10. The Morgan fingerprint density at radius 1 is 0.919 bits per heavy atom. The van der Waals surface area contributed by atoms with Crippen LogP contribution in [0.25, 0.3) is 5.57 Å². The van der Waals surface area contributed by atoms with E-state index in [1.54, 1.807) is 24.3 Å². The molecule has 1 aromatic heterocycles. The van der Waals surface area contributed by atoms with Gasteiger partial charge in [-0.15, -0.1) is 0 Å². The average Bonchev–Trinajstić information content (AvgIpc) is 3.53. The molecule has 2 aliphatic heterocycles. The summed E-state index contributed by atoms with van der Waals surface area (Å²) < 4.78 is 44.1. The number of hydrogen-bond acceptors (Lipinski definition) is 5. The highest BCUT2D eigenvalue weighted by Crippen LogP contribution is 2.41. The molecule has 10 heteroatoms. The number of carbonyl (C=O) groups is 2. The summed E-state index contributed by atoms with van der Waals surface area (Å²) in [5.41, 5.74) is 4.02. The molecule has 0 bridgehead atoms. The Morgan fingerprint density at radius 3 is 2.14 bits per heavy atom. The van der Waals surface area contributed by atoms with Gasteiger partial charge in [0.1, 0.15) is 5.71 Å². The summed E-state index contributed by atoms with van der Waals surface area (Å²) in [6.07, 6.45) is 3.57. The van der Waals surface area contributed by atoms with Crippen LogP contribution in [0.5, 0.6) is 0 Å². The molecule has 3 heterocycles. The number of benzene rings is 1. The van der Waals surface area contributed by atoms with E-state index in [4.69, 9.17) is 9.47 Å². The van der Waals surface area contributed by atoms with Crippen LogP contribution in [-0.4, -0.2) is 60.9 Å². The van der Waals surface area contributed by atoms with Crippen LogP contribution in [0.1, 0.15) is 50.1 Å². The summed E-state index contributed by atoms with van der Waals surface area (Å²) in [4.78, 5) is 25.8. The van der Waals surface area contributed by atoms with Crippen LogP contribution >= 0.6 is 0 Å². The number of aromatic nitrogens is 1. The Hall–Kier alpha value is -3.69. The monoisotopic (exact) mass is 511 g/mol. The highest BCUT2D eigenvalue weighted by Gasteiger charge is 2.54. The molecule has 7 nitrogen and oxygen atoms in total. The smallest absolute Gasteiger partial charge is 0.469 e. The number of halogens is 2. The minimum Gasteiger partial charge on any atom is -0.469 e. The van der Waals surface area contributed by atoms with E-state index in [0.29, 0.717) is 28.4 Å². The molecule has 0 fully saturated rings. The molecule has 0 aliphatic carbocycles. The van der Waals surface area contributed by atoms with Gasteiger partial charge >= 0.3 is 18.9 Å². The highest BCUT2D eigenvalue weighted by molar-refractivity contribution is 6.58. The molecule has 0 saturated heterocycles. The number of hydrogen-bond donors (Lipinski definition) is 0. The first-order valence-electron chi connectivity index (χ1n) is 12.6. The van der Waals surface area contributed by atoms with E-state index in [1.807, 2.05) is 24.3 Å². The lowest BCUT2D eigenvalue weighted by Crippen LogP contribution is -2.51. The van der Waals surface area contributed by atoms with E-state index < -0.39 is 18.9 Å². The van der Waals surface area contributed by atoms with Gasteiger partial charge in [0.15, 0.2) is 5.70 Å². The van der Waals surface area contributed by atoms with Crippen molar-refractivity contribution >= 4 is 35.9 Å². The lowest BCUT2D eigenvalue weighted by Gasteiger charge is -2.33. The first-order valence-corrected chi connectivity index (χ1v) is 12.6. The molecule has 4 rings (SSSR count). The van der Waals surface area contributed by atoms with Crippen molar-refractivity contribution in [3.8, 4) is 0 Å². The van der Waals surface area contributed by atoms with Gasteiger partial charge in [-0.25, -0.2) is 0 Å². The van der Waals surface area contributed by atoms with E-state index in [1.165, 1.54) is 14.2 Å². The molecule has 0 atom stereocenters. The zero-order valence-corrected chi connectivity index (χ0v) is 21.7. The van der Waals surface area contributed by atoms with E-state index in [9.17, 15) is 9.59 Å². The van der Waals surface area contributed by atoms with Gasteiger partial charge in [0.2, 0.25) is 0 Å². The Labute approximate surface area is 215 Å². The van der Waals surface area contributed by atoms with Crippen LogP contribution < -0.4 is 4.90 Å². The Morgan fingerprint density at radius 2 is 1.54 bits per heavy atom. The van der Waals surface area contributed by atoms with Gasteiger partial charge in [-0.05, 0) is 55.8 Å². The summed E-state index contributed by atoms with van der Waals surface area (Å²) in [5.74, 6) is -0.919. The Balaban J connectivity index is 1.86. The molecule has 0 spiro atoms. The third kappa shape index (κ3) is 4.84. The van der Waals surface area contributed by atoms with Crippen molar-refractivity contribution in [3.05, 3.63) is 71.2 Å². The van der Waals surface area contributed by atoms with Crippen molar-refractivity contribution in [2.45, 2.75) is 39.5 Å². The molecular formula is C27H32BF2N3O4. The van der Waals surface area contributed by atoms with Crippen LogP contribution in [0, 0.1) is 0 Å². The molecule has 1 aromatic carbocycles. The summed E-state index contributed by atoms with van der Waals surface area (Å²) in [6, 6.07) is 11.3. The van der Waals surface area contributed by atoms with Gasteiger partial charge in [-0.2, -0.15) is 0 Å². The average molecular weight is 511 g/mol. The fraction of sp³-hybridized carbons (Fsp3) is 0.370. The van der Waals surface area contributed by atoms with Crippen LogP contribution in [0.2, 0.25) is 0 Å². The van der Waals surface area contributed by atoms with Crippen molar-refractivity contribution in [2.24, 2.45) is 0 Å². The van der Waals surface area contributed by atoms with Crippen LogP contribution in [0.4, 0.5) is 14.3 Å². The number of ether oxygens (including phenoxy) is 2. The fourth-order valence-corrected chi connectivity index (χ4v) is 5.16. The molecular weight excluding hydrogens is 479 g/mol. The lowest BCUT2D eigenvalue weighted by molar-refractivity contribution is -0.363. The first-order chi connectivity index (χ1) is 17.8. The second-order valence-corrected chi connectivity index (χ2v) is 8.99. The number of fused-ring (bicyclic) bond motifs is 2. The molecule has 0 radical (unpaired) electrons. The molecule has 0 amide bonds. The summed E-state index contributed by atoms with van der Waals surface area (Å²) >= 11 is 0. The number of esters is 2. The van der Waals surface area contributed by atoms with Gasteiger partial charge in [0.05, 0.1) is 32.6 Å². The predicted octanol–water partition coefficient (Wildman–Crippen LogP) is 4.41. The molecule has 2 aromatic rings. The van der Waals surface area contributed by atoms with Crippen molar-refractivity contribution in [1.29, 1.82) is 0 Å². The predicted molar refractivity (Wildman–Crippen MR) is 140 cm³/mol. The maximum Gasteiger partial charge on any atom is 0.737 e. The van der Waals surface area contributed by atoms with Crippen molar-refractivity contribution in [1.82, 2.24) is 4.48 Å². The van der Waals surface area contributed by atoms with Gasteiger partial charge in [-0.3, -0.25) is 9.59 Å². The maximum atomic E-state index is 16.3. The Bertz CT molecular complexity index is 1290. The number of anilines is 1. The lowest BCUT2D eigenvalue weighted by atomic mass is 9.85. The highest BCUT2D eigenvalue weighted by atomic mass is 19.2. The fourth-order valence-electron chi connectivity index (χ4n) is 5.16. The number of aryl methyl sites for hydroxylation is 1. The second-order valence-electron chi connectivity index (χ2n) is 8.99. The van der Waals surface area contributed by atoms with Crippen LogP contribution in [0.15, 0.2) is 54.2 Å². The number of allylic oxidation sites excluding steroid dienone is 2. The maximum absolute atomic E-state index is 16.3. The number of nitrogens with zero attached hydrogens (tertiary/aromatic N) is 3. The Kier molecular flexibility index (Phi) is 7.66. The molecule has 0 N–H and O–H groups in total. The van der Waals surface area contributed by atoms with Crippen molar-refractivity contribution < 1.29 is 32.2 Å². The standard InChI is InChI=1S/C27H32BF2N3O4/c1-5-31(6-2)20-9-7-19(8-10-20)27-23-15-11-21(13-17-25(34)36-3)32(23)28(29,30)33-22(12-16-24(27)33)14-18-26(35)37-4/h7-12,15-16H,5-6,13-14,17-18H2,1-4H3. The molecule has 0 unspecified atom stereocenters. The minimum absolute atomic E-state index is 0.00620. The van der Waals surface area contributed by atoms with Gasteiger partial charge < -0.3 is 32.0 Å². The van der Waals surface area contributed by atoms with E-state index in [2.05, 4.69) is 18.7 Å².